The third-order valence-electron chi connectivity index (χ3n) is 11.5. The molecule has 0 aliphatic carbocycles. The molecule has 5 heterocycles. The Balaban J connectivity index is 1.34. The minimum Gasteiger partial charge on any atom is -0.394 e. The molecule has 3 amide bonds. The third kappa shape index (κ3) is 12.0. The zero-order valence-electron chi connectivity index (χ0n) is 35.1. The summed E-state index contributed by atoms with van der Waals surface area (Å²) >= 11 is 0. The molecule has 0 spiro atoms. The molecule has 5 aliphatic heterocycles. The lowest BCUT2D eigenvalue weighted by Crippen LogP contribution is -2.70. The van der Waals surface area contributed by atoms with Crippen LogP contribution in [-0.4, -0.2) is 276 Å². The van der Waals surface area contributed by atoms with Crippen LogP contribution in [0.25, 0.3) is 0 Å². The Morgan fingerprint density at radius 2 is 0.785 bits per heavy atom. The summed E-state index contributed by atoms with van der Waals surface area (Å²) in [5.41, 5.74) is 0. The predicted molar refractivity (Wildman–Crippen MR) is 201 cm³/mol. The fourth-order valence-corrected chi connectivity index (χ4v) is 8.12. The molecule has 5 fully saturated rings. The highest BCUT2D eigenvalue weighted by Gasteiger charge is 2.56. The van der Waals surface area contributed by atoms with Crippen molar-refractivity contribution in [3.05, 3.63) is 0 Å². The molecule has 0 aromatic carbocycles. The van der Waals surface area contributed by atoms with E-state index in [1.807, 2.05) is 0 Å². The van der Waals surface area contributed by atoms with E-state index in [-0.39, 0.29) is 0 Å². The summed E-state index contributed by atoms with van der Waals surface area (Å²) in [4.78, 5) is 36.1. The highest BCUT2D eigenvalue weighted by atomic mass is 16.8. The Hall–Kier alpha value is -2.51. The molecule has 376 valence electrons. The van der Waals surface area contributed by atoms with E-state index in [9.17, 15) is 85.9 Å². The summed E-state index contributed by atoms with van der Waals surface area (Å²) in [6.45, 7) is -1.20. The SMILES string of the molecule is CC(=O)N[C@@H]1[C@@H](O)[C@H](O[C@@H]2O[C@H](CO)[C@@H](O[C@@H]3O[C@H](CO[C@H]4O[C@H](CO)[C@@H](O)[C@H](O)[C@@H]4O[C@@H]4O[C@H](CO)[C@@H](O)[C@H](O)[C@H]4NC(C)=O)[C@@H](O)[C@H](O)[C@@H]3O)[C@H](O)[C@H]2NC(C)=O)[C@@H](CO)O[C@H]1O. The average Bonchev–Trinajstić information content (AvgIpc) is 3.26. The molecule has 0 saturated carbocycles. The van der Waals surface area contributed by atoms with Gasteiger partial charge in [-0.25, -0.2) is 0 Å². The van der Waals surface area contributed by atoms with Crippen LogP contribution in [-0.2, 0) is 57.0 Å². The van der Waals surface area contributed by atoms with Crippen molar-refractivity contribution in [1.82, 2.24) is 16.0 Å². The first-order valence-electron chi connectivity index (χ1n) is 20.6. The van der Waals surface area contributed by atoms with Gasteiger partial charge in [-0.2, -0.15) is 0 Å². The fraction of sp³-hybridized carbons (Fsp3) is 0.917. The van der Waals surface area contributed by atoms with Crippen molar-refractivity contribution >= 4 is 17.7 Å². The van der Waals surface area contributed by atoms with Gasteiger partial charge in [0.15, 0.2) is 31.5 Å². The Morgan fingerprint density at radius 1 is 0.400 bits per heavy atom. The molecular formula is C36H61N3O26. The lowest BCUT2D eigenvalue weighted by molar-refractivity contribution is -0.373. The normalized spacial score (nSPS) is 47.1. The molecule has 29 nitrogen and oxygen atoms in total. The number of carbonyl (C=O) groups is 3. The van der Waals surface area contributed by atoms with Gasteiger partial charge in [0.05, 0.1) is 33.0 Å². The number of hydrogen-bond donors (Lipinski definition) is 17. The topological polar surface area (TPSA) is 454 Å². The van der Waals surface area contributed by atoms with Gasteiger partial charge in [0, 0.05) is 20.8 Å². The fourth-order valence-electron chi connectivity index (χ4n) is 8.12. The van der Waals surface area contributed by atoms with Crippen molar-refractivity contribution in [2.24, 2.45) is 0 Å². The molecule has 17 N–H and O–H groups in total. The van der Waals surface area contributed by atoms with Crippen LogP contribution in [0.2, 0.25) is 0 Å². The minimum atomic E-state index is -2.11. The molecule has 5 rings (SSSR count). The van der Waals surface area contributed by atoms with Gasteiger partial charge >= 0.3 is 0 Å². The maximum absolute atomic E-state index is 12.4. The monoisotopic (exact) mass is 951 g/mol. The van der Waals surface area contributed by atoms with Crippen molar-refractivity contribution in [3.63, 3.8) is 0 Å². The standard InChI is InChI=1S/C36H61N3O26/c1-9(44)37-17-24(51)29(14(6-42)58-32(17)56)63-34-19(39-11(3)46)25(52)30(15(7-43)61-34)64-35-28(55)26(53)22(49)16(62-35)8-57-36-31(27(54)21(48)13(5-41)60-36)65-33-18(38-10(2)45)23(50)20(47)12(4-40)59-33/h12-36,40-43,47-56H,4-8H2,1-3H3,(H,37,44)(H,38,45)(H,39,46)/t12-,13-,14-,15-,16-,17-,18-,19-,20-,21-,22-,23-,24-,25-,26+,27+,28+,29-,30-,31+,32-,33+,34+,35+,36+/m1/s1. The molecule has 5 aliphatic rings. The Kier molecular flexibility index (Phi) is 19.1. The van der Waals surface area contributed by atoms with E-state index in [0.29, 0.717) is 0 Å². The summed E-state index contributed by atoms with van der Waals surface area (Å²) in [5.74, 6) is -2.19. The average molecular weight is 952 g/mol. The first kappa shape index (κ1) is 53.4. The van der Waals surface area contributed by atoms with E-state index in [4.69, 9.17) is 42.6 Å². The lowest BCUT2D eigenvalue weighted by atomic mass is 9.94. The molecule has 0 unspecified atom stereocenters. The van der Waals surface area contributed by atoms with Crippen LogP contribution in [0.3, 0.4) is 0 Å². The van der Waals surface area contributed by atoms with Crippen molar-refractivity contribution in [2.45, 2.75) is 174 Å². The molecule has 5 saturated heterocycles. The molecule has 29 heteroatoms. The predicted octanol–water partition coefficient (Wildman–Crippen LogP) is -11.5. The number of aliphatic hydroxyl groups excluding tert-OH is 14. The largest absolute Gasteiger partial charge is 0.394 e. The van der Waals surface area contributed by atoms with Crippen LogP contribution < -0.4 is 16.0 Å². The number of amides is 3. The Morgan fingerprint density at radius 3 is 1.31 bits per heavy atom. The first-order valence-corrected chi connectivity index (χ1v) is 20.6. The second-order valence-corrected chi connectivity index (χ2v) is 16.2. The van der Waals surface area contributed by atoms with Gasteiger partial charge in [0.1, 0.15) is 122 Å². The van der Waals surface area contributed by atoms with Gasteiger partial charge in [-0.3, -0.25) is 14.4 Å². The van der Waals surface area contributed by atoms with Gasteiger partial charge in [-0.1, -0.05) is 0 Å². The molecule has 65 heavy (non-hydrogen) atoms. The lowest BCUT2D eigenvalue weighted by Gasteiger charge is -2.49. The highest BCUT2D eigenvalue weighted by molar-refractivity contribution is 5.74. The Bertz CT molecular complexity index is 1560. The first-order chi connectivity index (χ1) is 30.7. The van der Waals surface area contributed by atoms with E-state index in [0.717, 1.165) is 20.8 Å². The minimum absolute atomic E-state index is 0.684. The van der Waals surface area contributed by atoms with Crippen molar-refractivity contribution < 1.29 is 129 Å². The van der Waals surface area contributed by atoms with Crippen molar-refractivity contribution in [1.29, 1.82) is 0 Å². The zero-order valence-corrected chi connectivity index (χ0v) is 35.1. The van der Waals surface area contributed by atoms with Crippen LogP contribution in [0.1, 0.15) is 20.8 Å². The summed E-state index contributed by atoms with van der Waals surface area (Å²) in [6, 6.07) is -4.68. The number of ether oxygens (including phenoxy) is 9. The zero-order chi connectivity index (χ0) is 48.2. The number of hydrogen-bond acceptors (Lipinski definition) is 26. The molecule has 0 aromatic heterocycles. The van der Waals surface area contributed by atoms with Gasteiger partial charge < -0.3 is 130 Å². The number of aliphatic hydroxyl groups is 14. The van der Waals surface area contributed by atoms with Crippen LogP contribution in [0.15, 0.2) is 0 Å². The number of rotatable bonds is 16. The van der Waals surface area contributed by atoms with E-state index in [1.165, 1.54) is 0 Å². The summed E-state index contributed by atoms with van der Waals surface area (Å²) in [5, 5.41) is 156. The molecule has 0 aromatic rings. The maximum Gasteiger partial charge on any atom is 0.217 e. The van der Waals surface area contributed by atoms with E-state index < -0.39 is 204 Å². The number of carbonyl (C=O) groups excluding carboxylic acids is 3. The van der Waals surface area contributed by atoms with Crippen LogP contribution in [0.4, 0.5) is 0 Å². The Labute approximate surface area is 369 Å². The maximum atomic E-state index is 12.4. The highest BCUT2D eigenvalue weighted by Crippen LogP contribution is 2.34. The van der Waals surface area contributed by atoms with Crippen molar-refractivity contribution in [2.75, 3.05) is 33.0 Å². The second-order valence-electron chi connectivity index (χ2n) is 16.2. The van der Waals surface area contributed by atoms with Gasteiger partial charge in [-0.05, 0) is 0 Å². The van der Waals surface area contributed by atoms with E-state index >= 15 is 0 Å². The summed E-state index contributed by atoms with van der Waals surface area (Å²) in [7, 11) is 0. The molecule has 0 bridgehead atoms. The van der Waals surface area contributed by atoms with Crippen molar-refractivity contribution in [3.8, 4) is 0 Å². The van der Waals surface area contributed by atoms with Crippen LogP contribution >= 0.6 is 0 Å². The van der Waals surface area contributed by atoms with Gasteiger partial charge in [0.2, 0.25) is 17.7 Å². The second kappa shape index (κ2) is 23.2. The third-order valence-corrected chi connectivity index (χ3v) is 11.5. The molecule has 25 atom stereocenters. The molecular weight excluding hydrogens is 890 g/mol. The van der Waals surface area contributed by atoms with Crippen LogP contribution in [0, 0.1) is 0 Å². The summed E-state index contributed by atoms with van der Waals surface area (Å²) < 4.78 is 51.5. The van der Waals surface area contributed by atoms with E-state index in [1.54, 1.807) is 0 Å². The quantitative estimate of drug-likeness (QED) is 0.0683. The number of nitrogens with one attached hydrogen (secondary N) is 3. The van der Waals surface area contributed by atoms with Gasteiger partial charge in [-0.15, -0.1) is 0 Å². The van der Waals surface area contributed by atoms with Crippen LogP contribution in [0.5, 0.6) is 0 Å². The van der Waals surface area contributed by atoms with E-state index in [2.05, 4.69) is 16.0 Å². The smallest absolute Gasteiger partial charge is 0.217 e. The van der Waals surface area contributed by atoms with Gasteiger partial charge in [0.25, 0.3) is 0 Å². The summed E-state index contributed by atoms with van der Waals surface area (Å²) in [6.07, 6.45) is -39.6. The molecule has 0 radical (unpaired) electrons.